The zero-order valence-electron chi connectivity index (χ0n) is 29.9. The summed E-state index contributed by atoms with van der Waals surface area (Å²) >= 11 is 0. The van der Waals surface area contributed by atoms with Crippen LogP contribution in [0.15, 0.2) is 10.2 Å². The van der Waals surface area contributed by atoms with Crippen LogP contribution in [0.25, 0.3) is 0 Å². The second kappa shape index (κ2) is 18.3. The molecule has 1 heterocycles. The normalized spacial score (nSPS) is 25.2. The first kappa shape index (κ1) is 41.9. The Hall–Kier alpha value is -2.53. The van der Waals surface area contributed by atoms with Crippen molar-refractivity contribution in [1.29, 1.82) is 5.26 Å². The van der Waals surface area contributed by atoms with Gasteiger partial charge in [-0.05, 0) is 76.8 Å². The molecule has 1 aromatic rings. The molecule has 16 nitrogen and oxygen atoms in total. The molecule has 0 radical (unpaired) electrons. The number of nitrogens with zero attached hydrogens (tertiary/aromatic N) is 6. The van der Waals surface area contributed by atoms with Crippen LogP contribution in [-0.2, 0) is 35.3 Å². The van der Waals surface area contributed by atoms with E-state index in [0.29, 0.717) is 62.3 Å². The highest BCUT2D eigenvalue weighted by molar-refractivity contribution is 7.86. The van der Waals surface area contributed by atoms with E-state index >= 15 is 0 Å². The van der Waals surface area contributed by atoms with Crippen molar-refractivity contribution in [3.63, 3.8) is 0 Å². The predicted octanol–water partition coefficient (Wildman–Crippen LogP) is 4.67. The Balaban J connectivity index is 1.92. The number of carbonyl (C=O) groups excluding carboxylic acids is 1. The molecule has 0 aromatic carbocycles. The molecule has 284 valence electrons. The Morgan fingerprint density at radius 3 is 2.20 bits per heavy atom. The minimum atomic E-state index is -4.10. The molecular weight excluding hydrogens is 691 g/mol. The summed E-state index contributed by atoms with van der Waals surface area (Å²) in [7, 11) is -8.20. The average Bonchev–Trinajstić information content (AvgIpc) is 3.37. The van der Waals surface area contributed by atoms with E-state index in [0.717, 1.165) is 19.3 Å². The van der Waals surface area contributed by atoms with Crippen LogP contribution in [0, 0.1) is 23.2 Å². The highest BCUT2D eigenvalue weighted by Gasteiger charge is 2.39. The zero-order chi connectivity index (χ0) is 37.3. The SMILES string of the molecule is CC(=O)NC1CC(N(CCCCS(=O)(=O)O)CCCCS(=O)(=O)O)CCC1N=Nc1c(C#N)c(C(C)(C)C)nn1C1C(C)CCCC1COO. The molecule has 0 bridgehead atoms. The molecule has 6 unspecified atom stereocenters. The maximum atomic E-state index is 12.4. The van der Waals surface area contributed by atoms with Gasteiger partial charge in [0.1, 0.15) is 11.6 Å². The summed E-state index contributed by atoms with van der Waals surface area (Å²) in [6.45, 7) is 10.6. The number of hydrogen-bond donors (Lipinski definition) is 4. The van der Waals surface area contributed by atoms with Gasteiger partial charge in [-0.1, -0.05) is 34.1 Å². The first-order chi connectivity index (χ1) is 23.3. The van der Waals surface area contributed by atoms with Crippen LogP contribution in [0.4, 0.5) is 5.82 Å². The van der Waals surface area contributed by atoms with Gasteiger partial charge in [0.2, 0.25) is 5.91 Å². The summed E-state index contributed by atoms with van der Waals surface area (Å²) in [4.78, 5) is 19.1. The van der Waals surface area contributed by atoms with E-state index in [2.05, 4.69) is 28.1 Å². The van der Waals surface area contributed by atoms with Gasteiger partial charge in [-0.3, -0.25) is 19.2 Å². The van der Waals surface area contributed by atoms with E-state index in [1.54, 1.807) is 4.68 Å². The van der Waals surface area contributed by atoms with E-state index in [-0.39, 0.29) is 60.8 Å². The number of aromatic nitrogens is 2. The summed E-state index contributed by atoms with van der Waals surface area (Å²) in [5.74, 6) is -0.527. The van der Waals surface area contributed by atoms with Crippen LogP contribution in [-0.4, -0.2) is 101 Å². The number of unbranched alkanes of at least 4 members (excludes halogenated alkanes) is 2. The quantitative estimate of drug-likeness (QED) is 0.0560. The van der Waals surface area contributed by atoms with Gasteiger partial charge in [0, 0.05) is 24.3 Å². The predicted molar refractivity (Wildman–Crippen MR) is 186 cm³/mol. The van der Waals surface area contributed by atoms with Gasteiger partial charge in [-0.25, -0.2) is 9.57 Å². The third-order valence-electron chi connectivity index (χ3n) is 9.77. The topological polar surface area (TPSA) is 237 Å². The standard InChI is InChI=1S/C32H55N7O9S2/c1-22-11-10-12-24(21-48-41)29(22)39-31(26(20-33)30(37-39)32(3,4)5)36-35-27-14-13-25(19-28(27)34-23(2)40)38(15-6-8-17-49(42,43)44)16-7-9-18-50(45,46)47/h22,24-25,27-29,41H,6-19,21H2,1-5H3,(H,34,40)(H,42,43,44)(H,45,46,47). The minimum Gasteiger partial charge on any atom is -0.351 e. The molecule has 1 amide bonds. The minimum absolute atomic E-state index is 0.0511. The largest absolute Gasteiger partial charge is 0.351 e. The fraction of sp³-hybridized carbons (Fsp3) is 0.844. The molecule has 2 saturated carbocycles. The fourth-order valence-electron chi connectivity index (χ4n) is 7.41. The van der Waals surface area contributed by atoms with Crippen LogP contribution >= 0.6 is 0 Å². The average molecular weight is 746 g/mol. The maximum Gasteiger partial charge on any atom is 0.264 e. The van der Waals surface area contributed by atoms with Crippen molar-refractivity contribution in [1.82, 2.24) is 20.0 Å². The van der Waals surface area contributed by atoms with Crippen molar-refractivity contribution in [2.45, 2.75) is 128 Å². The lowest BCUT2D eigenvalue weighted by Crippen LogP contribution is -2.51. The van der Waals surface area contributed by atoms with Crippen molar-refractivity contribution < 1.29 is 40.9 Å². The number of nitriles is 1. The van der Waals surface area contributed by atoms with Crippen molar-refractivity contribution in [3.05, 3.63) is 11.3 Å². The van der Waals surface area contributed by atoms with Gasteiger partial charge in [0.05, 0.1) is 41.9 Å². The molecule has 50 heavy (non-hydrogen) atoms. The van der Waals surface area contributed by atoms with Gasteiger partial charge in [-0.15, -0.1) is 5.11 Å². The van der Waals surface area contributed by atoms with Crippen LogP contribution in [0.1, 0.15) is 116 Å². The lowest BCUT2D eigenvalue weighted by molar-refractivity contribution is -0.256. The zero-order valence-corrected chi connectivity index (χ0v) is 31.5. The van der Waals surface area contributed by atoms with Crippen molar-refractivity contribution in [2.24, 2.45) is 22.1 Å². The molecule has 1 aromatic heterocycles. The van der Waals surface area contributed by atoms with Crippen LogP contribution < -0.4 is 5.32 Å². The molecule has 18 heteroatoms. The second-order valence-corrected chi connectivity index (χ2v) is 18.0. The molecule has 2 aliphatic rings. The lowest BCUT2D eigenvalue weighted by Gasteiger charge is -2.40. The third kappa shape index (κ3) is 12.6. The van der Waals surface area contributed by atoms with Gasteiger partial charge >= 0.3 is 0 Å². The number of hydrogen-bond acceptors (Lipinski definition) is 12. The lowest BCUT2D eigenvalue weighted by atomic mass is 9.78. The van der Waals surface area contributed by atoms with E-state index in [9.17, 15) is 32.1 Å². The van der Waals surface area contributed by atoms with E-state index in [1.807, 2.05) is 20.8 Å². The van der Waals surface area contributed by atoms with Gasteiger partial charge in [0.25, 0.3) is 20.2 Å². The second-order valence-electron chi connectivity index (χ2n) is 14.9. The molecule has 0 aliphatic heterocycles. The number of carbonyl (C=O) groups is 1. The summed E-state index contributed by atoms with van der Waals surface area (Å²) < 4.78 is 65.1. The molecule has 2 fully saturated rings. The Bertz CT molecular complexity index is 1530. The highest BCUT2D eigenvalue weighted by atomic mass is 32.2. The van der Waals surface area contributed by atoms with Gasteiger partial charge in [0.15, 0.2) is 5.82 Å². The first-order valence-electron chi connectivity index (χ1n) is 17.5. The van der Waals surface area contributed by atoms with Crippen LogP contribution in [0.2, 0.25) is 0 Å². The highest BCUT2D eigenvalue weighted by Crippen LogP contribution is 2.43. The summed E-state index contributed by atoms with van der Waals surface area (Å²) in [6, 6.07) is 1.23. The Morgan fingerprint density at radius 2 is 1.68 bits per heavy atom. The number of azo groups is 1. The van der Waals surface area contributed by atoms with Crippen LogP contribution in [0.5, 0.6) is 0 Å². The Labute approximate surface area is 296 Å². The monoisotopic (exact) mass is 745 g/mol. The summed E-state index contributed by atoms with van der Waals surface area (Å²) in [6.07, 6.45) is 5.85. The maximum absolute atomic E-state index is 12.4. The smallest absolute Gasteiger partial charge is 0.264 e. The number of amides is 1. The summed E-state index contributed by atoms with van der Waals surface area (Å²) in [5.41, 5.74) is 0.453. The summed E-state index contributed by atoms with van der Waals surface area (Å²) in [5, 5.41) is 37.1. The molecule has 4 N–H and O–H groups in total. The van der Waals surface area contributed by atoms with E-state index in [1.165, 1.54) is 6.92 Å². The Kier molecular flexibility index (Phi) is 15.3. The van der Waals surface area contributed by atoms with E-state index < -0.39 is 37.7 Å². The van der Waals surface area contributed by atoms with E-state index in [4.69, 9.17) is 24.4 Å². The van der Waals surface area contributed by atoms with Crippen molar-refractivity contribution in [3.8, 4) is 6.07 Å². The molecule has 3 rings (SSSR count). The first-order valence-corrected chi connectivity index (χ1v) is 20.7. The van der Waals surface area contributed by atoms with Gasteiger partial charge < -0.3 is 10.2 Å². The van der Waals surface area contributed by atoms with Crippen molar-refractivity contribution >= 4 is 32.0 Å². The Morgan fingerprint density at radius 1 is 1.06 bits per heavy atom. The molecule has 0 spiro atoms. The van der Waals surface area contributed by atoms with Crippen molar-refractivity contribution in [2.75, 3.05) is 31.2 Å². The molecular formula is C32H55N7O9S2. The fourth-order valence-corrected chi connectivity index (χ4v) is 8.54. The molecule has 2 aliphatic carbocycles. The molecule has 0 saturated heterocycles. The van der Waals surface area contributed by atoms with Crippen LogP contribution in [0.3, 0.4) is 0 Å². The van der Waals surface area contributed by atoms with Gasteiger partial charge in [-0.2, -0.15) is 32.3 Å². The third-order valence-corrected chi connectivity index (χ3v) is 11.4. The molecule has 6 atom stereocenters. The number of rotatable bonds is 17. The number of nitrogens with one attached hydrogen (secondary N) is 1.